The van der Waals surface area contributed by atoms with Gasteiger partial charge in [0.1, 0.15) is 5.75 Å². The summed E-state index contributed by atoms with van der Waals surface area (Å²) in [5.74, 6) is -0.841. The van der Waals surface area contributed by atoms with Crippen molar-refractivity contribution >= 4 is 35.3 Å². The van der Waals surface area contributed by atoms with Gasteiger partial charge in [-0.25, -0.2) is 9.59 Å². The van der Waals surface area contributed by atoms with Gasteiger partial charge in [-0.1, -0.05) is 18.2 Å². The maximum absolute atomic E-state index is 13.2. The molecule has 39 heavy (non-hydrogen) atoms. The van der Waals surface area contributed by atoms with Crippen molar-refractivity contribution in [3.05, 3.63) is 53.6 Å². The largest absolute Gasteiger partial charge is 0.495 e. The summed E-state index contributed by atoms with van der Waals surface area (Å²) < 4.78 is 5.44. The summed E-state index contributed by atoms with van der Waals surface area (Å²) in [7, 11) is 1.48. The number of aryl methyl sites for hydroxylation is 1. The molecule has 2 heterocycles. The molecule has 208 valence electrons. The van der Waals surface area contributed by atoms with Crippen molar-refractivity contribution in [3.63, 3.8) is 0 Å². The quantitative estimate of drug-likeness (QED) is 0.425. The number of urea groups is 2. The van der Waals surface area contributed by atoms with Crippen molar-refractivity contribution in [2.75, 3.05) is 50.5 Å². The Morgan fingerprint density at radius 3 is 2.33 bits per heavy atom. The van der Waals surface area contributed by atoms with Crippen LogP contribution < -0.4 is 20.7 Å². The number of hydrogen-bond acceptors (Lipinski definition) is 5. The first kappa shape index (κ1) is 27.7. The van der Waals surface area contributed by atoms with Crippen LogP contribution in [0, 0.1) is 18.8 Å². The van der Waals surface area contributed by atoms with Gasteiger partial charge in [0, 0.05) is 44.0 Å². The molecule has 1 unspecified atom stereocenters. The minimum absolute atomic E-state index is 0.127. The zero-order valence-electron chi connectivity index (χ0n) is 22.2. The summed E-state index contributed by atoms with van der Waals surface area (Å²) in [6, 6.07) is 11.8. The molecule has 2 aliphatic rings. The summed E-state index contributed by atoms with van der Waals surface area (Å²) in [5.41, 5.74) is 2.52. The Morgan fingerprint density at radius 1 is 0.949 bits per heavy atom. The maximum Gasteiger partial charge on any atom is 0.323 e. The molecule has 4 rings (SSSR count). The van der Waals surface area contributed by atoms with Crippen LogP contribution in [0.3, 0.4) is 0 Å². The predicted octanol–water partition coefficient (Wildman–Crippen LogP) is 3.62. The number of carboxylic acid groups (broad SMARTS) is 1. The zero-order chi connectivity index (χ0) is 27.9. The lowest BCUT2D eigenvalue weighted by Gasteiger charge is -2.30. The molecule has 0 aliphatic carbocycles. The molecule has 0 saturated carbocycles. The number of ether oxygens (including phenoxy) is 1. The third kappa shape index (κ3) is 6.98. The minimum atomic E-state index is -0.807. The highest BCUT2D eigenvalue weighted by atomic mass is 16.5. The molecule has 0 bridgehead atoms. The second-order valence-electron chi connectivity index (χ2n) is 10.0. The van der Waals surface area contributed by atoms with Crippen LogP contribution in [-0.2, 0) is 4.79 Å². The monoisotopic (exact) mass is 537 g/mol. The van der Waals surface area contributed by atoms with Gasteiger partial charge in [-0.3, -0.25) is 9.59 Å². The summed E-state index contributed by atoms with van der Waals surface area (Å²) in [5, 5.41) is 17.6. The van der Waals surface area contributed by atoms with Gasteiger partial charge >= 0.3 is 18.0 Å². The molecule has 2 aliphatic heterocycles. The van der Waals surface area contributed by atoms with E-state index in [0.717, 1.165) is 12.0 Å². The molecule has 11 nitrogen and oxygen atoms in total. The standard InChI is InChI=1S/C28H35N5O6/c1-18-5-3-4-6-22(18)30-27(37)31-23-8-7-21(15-24(23)39-2)25(34)33-12-9-19(17-33)16-29-28(38)32-13-10-20(11-14-32)26(35)36/h3-8,15,19-20H,9-14,16-17H2,1-2H3,(H,29,38)(H,35,36)(H2,30,31,37). The number of hydrogen-bond donors (Lipinski definition) is 4. The first-order valence-electron chi connectivity index (χ1n) is 13.1. The maximum atomic E-state index is 13.2. The Morgan fingerprint density at radius 2 is 1.64 bits per heavy atom. The Hall–Kier alpha value is -4.28. The smallest absolute Gasteiger partial charge is 0.323 e. The predicted molar refractivity (Wildman–Crippen MR) is 146 cm³/mol. The third-order valence-electron chi connectivity index (χ3n) is 7.34. The van der Waals surface area contributed by atoms with E-state index in [2.05, 4.69) is 16.0 Å². The average Bonchev–Trinajstić information content (AvgIpc) is 3.42. The molecular formula is C28H35N5O6. The van der Waals surface area contributed by atoms with Gasteiger partial charge in [0.2, 0.25) is 0 Å². The highest BCUT2D eigenvalue weighted by Crippen LogP contribution is 2.28. The van der Waals surface area contributed by atoms with Gasteiger partial charge in [0.25, 0.3) is 5.91 Å². The topological polar surface area (TPSA) is 140 Å². The number of amides is 5. The number of methoxy groups -OCH3 is 1. The van der Waals surface area contributed by atoms with E-state index < -0.39 is 12.0 Å². The van der Waals surface area contributed by atoms with Gasteiger partial charge in [-0.15, -0.1) is 0 Å². The number of benzene rings is 2. The van der Waals surface area contributed by atoms with Crippen molar-refractivity contribution in [1.82, 2.24) is 15.1 Å². The molecule has 2 aromatic carbocycles. The lowest BCUT2D eigenvalue weighted by Crippen LogP contribution is -2.46. The first-order chi connectivity index (χ1) is 18.7. The van der Waals surface area contributed by atoms with E-state index >= 15 is 0 Å². The SMILES string of the molecule is COc1cc(C(=O)N2CCC(CNC(=O)N3CCC(C(=O)O)CC3)C2)ccc1NC(=O)Nc1ccccc1C. The summed E-state index contributed by atoms with van der Waals surface area (Å²) >= 11 is 0. The molecule has 4 N–H and O–H groups in total. The summed E-state index contributed by atoms with van der Waals surface area (Å²) in [4.78, 5) is 52.7. The van der Waals surface area contributed by atoms with Gasteiger partial charge < -0.3 is 35.6 Å². The third-order valence-corrected chi connectivity index (χ3v) is 7.34. The van der Waals surface area contributed by atoms with E-state index in [-0.39, 0.29) is 23.8 Å². The van der Waals surface area contributed by atoms with Crippen molar-refractivity contribution in [1.29, 1.82) is 0 Å². The number of carbonyl (C=O) groups is 4. The van der Waals surface area contributed by atoms with E-state index in [4.69, 9.17) is 9.84 Å². The van der Waals surface area contributed by atoms with Crippen molar-refractivity contribution in [3.8, 4) is 5.75 Å². The Balaban J connectivity index is 1.27. The second kappa shape index (κ2) is 12.5. The number of likely N-dealkylation sites (tertiary alicyclic amines) is 2. The van der Waals surface area contributed by atoms with Crippen LogP contribution in [0.4, 0.5) is 21.0 Å². The first-order valence-corrected chi connectivity index (χ1v) is 13.1. The highest BCUT2D eigenvalue weighted by Gasteiger charge is 2.30. The van der Waals surface area contributed by atoms with Gasteiger partial charge in [0.05, 0.1) is 18.7 Å². The normalized spacial score (nSPS) is 17.4. The molecule has 11 heteroatoms. The Bertz CT molecular complexity index is 1230. The Kier molecular flexibility index (Phi) is 8.90. The minimum Gasteiger partial charge on any atom is -0.495 e. The van der Waals surface area contributed by atoms with E-state index in [1.807, 2.05) is 31.2 Å². The molecule has 0 radical (unpaired) electrons. The molecule has 0 aromatic heterocycles. The van der Waals surface area contributed by atoms with Crippen molar-refractivity contribution in [2.45, 2.75) is 26.2 Å². The number of rotatable bonds is 7. The second-order valence-corrected chi connectivity index (χ2v) is 10.0. The van der Waals surface area contributed by atoms with Crippen LogP contribution in [0.25, 0.3) is 0 Å². The number of carboxylic acids is 1. The van der Waals surface area contributed by atoms with Crippen LogP contribution in [0.5, 0.6) is 5.75 Å². The van der Waals surface area contributed by atoms with Crippen LogP contribution >= 0.6 is 0 Å². The fourth-order valence-corrected chi connectivity index (χ4v) is 4.96. The van der Waals surface area contributed by atoms with E-state index in [1.54, 1.807) is 28.0 Å². The Labute approximate surface area is 227 Å². The average molecular weight is 538 g/mol. The van der Waals surface area contributed by atoms with Crippen LogP contribution in [-0.4, -0.2) is 78.7 Å². The summed E-state index contributed by atoms with van der Waals surface area (Å²) in [6.45, 7) is 4.30. The van der Waals surface area contributed by atoms with Gasteiger partial charge in [-0.2, -0.15) is 0 Å². The fraction of sp³-hybridized carbons (Fsp3) is 0.429. The number of piperidine rings is 1. The lowest BCUT2D eigenvalue weighted by atomic mass is 9.97. The van der Waals surface area contributed by atoms with Crippen LogP contribution in [0.1, 0.15) is 35.2 Å². The number of aliphatic carboxylic acids is 1. The van der Waals surface area contributed by atoms with E-state index in [0.29, 0.717) is 68.3 Å². The van der Waals surface area contributed by atoms with Crippen LogP contribution in [0.15, 0.2) is 42.5 Å². The van der Waals surface area contributed by atoms with Gasteiger partial charge in [-0.05, 0) is 61.9 Å². The molecule has 5 amide bonds. The number of nitrogens with one attached hydrogen (secondary N) is 3. The molecule has 2 aromatic rings. The number of carbonyl (C=O) groups excluding carboxylic acids is 3. The van der Waals surface area contributed by atoms with Crippen molar-refractivity contribution < 1.29 is 29.0 Å². The molecule has 2 fully saturated rings. The molecular weight excluding hydrogens is 502 g/mol. The molecule has 1 atom stereocenters. The van der Waals surface area contributed by atoms with E-state index in [9.17, 15) is 19.2 Å². The van der Waals surface area contributed by atoms with E-state index in [1.165, 1.54) is 7.11 Å². The highest BCUT2D eigenvalue weighted by molar-refractivity contribution is 6.02. The van der Waals surface area contributed by atoms with Crippen LogP contribution in [0.2, 0.25) is 0 Å². The van der Waals surface area contributed by atoms with Crippen molar-refractivity contribution in [2.24, 2.45) is 11.8 Å². The van der Waals surface area contributed by atoms with Gasteiger partial charge in [0.15, 0.2) is 0 Å². The summed E-state index contributed by atoms with van der Waals surface area (Å²) in [6.07, 6.45) is 1.69. The zero-order valence-corrected chi connectivity index (χ0v) is 22.2. The fourth-order valence-electron chi connectivity index (χ4n) is 4.96. The number of para-hydroxylation sites is 1. The molecule has 0 spiro atoms. The number of nitrogens with zero attached hydrogens (tertiary/aromatic N) is 2. The molecule has 2 saturated heterocycles. The lowest BCUT2D eigenvalue weighted by molar-refractivity contribution is -0.143. The number of anilines is 2.